The lowest BCUT2D eigenvalue weighted by Gasteiger charge is -2.21. The van der Waals surface area contributed by atoms with Crippen LogP contribution in [0.25, 0.3) is 0 Å². The molecule has 1 saturated heterocycles. The fourth-order valence-electron chi connectivity index (χ4n) is 5.19. The van der Waals surface area contributed by atoms with Crippen LogP contribution >= 0.6 is 0 Å². The van der Waals surface area contributed by atoms with Gasteiger partial charge in [-0.2, -0.15) is 0 Å². The first-order valence-electron chi connectivity index (χ1n) is 15.2. The van der Waals surface area contributed by atoms with Gasteiger partial charge < -0.3 is 34.9 Å². The number of ether oxygens (including phenoxy) is 4. The Morgan fingerprint density at radius 1 is 0.809 bits per heavy atom. The molecule has 248 valence electrons. The number of nitrogens with zero attached hydrogens (tertiary/aromatic N) is 1. The maximum Gasteiger partial charge on any atom is 0.251 e. The summed E-state index contributed by atoms with van der Waals surface area (Å²) in [6.07, 6.45) is 1.78. The second-order valence-corrected chi connectivity index (χ2v) is 10.9. The molecule has 1 fully saturated rings. The third-order valence-electron chi connectivity index (χ3n) is 7.73. The highest BCUT2D eigenvalue weighted by Gasteiger charge is 2.31. The van der Waals surface area contributed by atoms with Crippen LogP contribution in [0.2, 0.25) is 0 Å². The maximum atomic E-state index is 14.9. The molecule has 3 aromatic carbocycles. The molecule has 3 aromatic rings. The summed E-state index contributed by atoms with van der Waals surface area (Å²) in [4.78, 5) is 43.5. The molecule has 0 spiro atoms. The van der Waals surface area contributed by atoms with Crippen molar-refractivity contribution in [3.8, 4) is 5.75 Å². The summed E-state index contributed by atoms with van der Waals surface area (Å²) in [5, 5.41) is 9.09. The van der Waals surface area contributed by atoms with Crippen molar-refractivity contribution in [3.05, 3.63) is 99.6 Å². The molecule has 2 amide bonds. The largest absolute Gasteiger partial charge is 0.490 e. The quantitative estimate of drug-likeness (QED) is 0.159. The lowest BCUT2D eigenvalue weighted by Crippen LogP contribution is -2.51. The van der Waals surface area contributed by atoms with Crippen molar-refractivity contribution in [1.82, 2.24) is 16.0 Å². The Morgan fingerprint density at radius 3 is 2.13 bits per heavy atom. The molecule has 13 heteroatoms. The van der Waals surface area contributed by atoms with E-state index in [1.54, 1.807) is 19.4 Å². The number of rotatable bonds is 16. The molecule has 2 atom stereocenters. The Kier molecular flexibility index (Phi) is 11.7. The Morgan fingerprint density at radius 2 is 1.43 bits per heavy atom. The van der Waals surface area contributed by atoms with Gasteiger partial charge in [0.15, 0.2) is 17.4 Å². The number of hydrogen-bond acceptors (Lipinski definition) is 9. The van der Waals surface area contributed by atoms with Crippen molar-refractivity contribution in [2.75, 3.05) is 59.8 Å². The minimum absolute atomic E-state index is 0.0116. The van der Waals surface area contributed by atoms with E-state index in [4.69, 9.17) is 18.9 Å². The van der Waals surface area contributed by atoms with Crippen molar-refractivity contribution in [1.29, 1.82) is 0 Å². The van der Waals surface area contributed by atoms with E-state index in [2.05, 4.69) is 20.9 Å². The summed E-state index contributed by atoms with van der Waals surface area (Å²) in [6, 6.07) is 12.3. The monoisotopic (exact) mass is 650 g/mol. The molecule has 0 unspecified atom stereocenters. The molecule has 2 aliphatic rings. The lowest BCUT2D eigenvalue weighted by atomic mass is 10.00. The molecule has 3 N–H and O–H groups in total. The Labute approximate surface area is 270 Å². The number of benzene rings is 3. The van der Waals surface area contributed by atoms with Gasteiger partial charge in [-0.3, -0.25) is 19.4 Å². The van der Waals surface area contributed by atoms with Gasteiger partial charge in [-0.15, -0.1) is 0 Å². The highest BCUT2D eigenvalue weighted by molar-refractivity contribution is 6.11. The first kappa shape index (κ1) is 33.8. The molecule has 0 saturated carbocycles. The number of aliphatic imine (C=N–C) groups is 1. The molecule has 2 aliphatic heterocycles. The summed E-state index contributed by atoms with van der Waals surface area (Å²) in [5.41, 5.74) is 2.22. The highest BCUT2D eigenvalue weighted by Crippen LogP contribution is 2.27. The third-order valence-corrected chi connectivity index (χ3v) is 7.73. The average molecular weight is 651 g/mol. The lowest BCUT2D eigenvalue weighted by molar-refractivity contribution is 0.0179. The van der Waals surface area contributed by atoms with E-state index < -0.39 is 34.9 Å². The van der Waals surface area contributed by atoms with Crippen LogP contribution in [0, 0.1) is 11.6 Å². The number of nitrogens with one attached hydrogen (secondary N) is 3. The van der Waals surface area contributed by atoms with Crippen molar-refractivity contribution >= 4 is 23.8 Å². The summed E-state index contributed by atoms with van der Waals surface area (Å²) in [6.45, 7) is 3.14. The number of carbonyl (C=O) groups is 3. The van der Waals surface area contributed by atoms with Gasteiger partial charge in [-0.25, -0.2) is 8.78 Å². The van der Waals surface area contributed by atoms with Crippen LogP contribution in [0.1, 0.15) is 47.8 Å². The standard InChI is InChI=1S/C34H36F2N4O7/c1-44-10-11-45-12-13-46-14-15-47-29-9-8-26(35)31(36)30(29)32(41)21-2-4-22(5-3-21)33(42)39-27-19-38-20-28(27)40-34(43)23-6-7-24-17-37-18-25(24)16-23/h2-9,16-17,27-28,38H,10-15,18-20H2,1H3,(H,39,42)(H,40,43)/t27-,28-/m1/s1. The van der Waals surface area contributed by atoms with Gasteiger partial charge in [-0.1, -0.05) is 18.2 Å². The first-order chi connectivity index (χ1) is 22.9. The van der Waals surface area contributed by atoms with Gasteiger partial charge >= 0.3 is 0 Å². The van der Waals surface area contributed by atoms with Crippen molar-refractivity contribution < 1.29 is 42.1 Å². The van der Waals surface area contributed by atoms with Gasteiger partial charge in [0, 0.05) is 43.1 Å². The van der Waals surface area contributed by atoms with Gasteiger partial charge in [-0.05, 0) is 47.5 Å². The van der Waals surface area contributed by atoms with Crippen LogP contribution < -0.4 is 20.7 Å². The fourth-order valence-corrected chi connectivity index (χ4v) is 5.19. The molecular weight excluding hydrogens is 614 g/mol. The zero-order valence-corrected chi connectivity index (χ0v) is 25.9. The van der Waals surface area contributed by atoms with Crippen LogP contribution in [0.5, 0.6) is 5.75 Å². The Balaban J connectivity index is 1.16. The molecule has 11 nitrogen and oxygen atoms in total. The molecule has 0 bridgehead atoms. The average Bonchev–Trinajstić information content (AvgIpc) is 3.74. The van der Waals surface area contributed by atoms with E-state index in [0.717, 1.165) is 17.2 Å². The van der Waals surface area contributed by atoms with Crippen LogP contribution in [0.4, 0.5) is 8.78 Å². The SMILES string of the molecule is COCCOCCOCCOc1ccc(F)c(F)c1C(=O)c1ccc(C(=O)N[C@@H]2CNC[C@H]2NC(=O)c2ccc3c(c2)CN=C3)cc1. The molecule has 5 rings (SSSR count). The third kappa shape index (κ3) is 8.63. The first-order valence-corrected chi connectivity index (χ1v) is 15.2. The Bertz CT molecular complexity index is 1620. The predicted octanol–water partition coefficient (Wildman–Crippen LogP) is 2.69. The normalized spacial score (nSPS) is 16.6. The summed E-state index contributed by atoms with van der Waals surface area (Å²) >= 11 is 0. The summed E-state index contributed by atoms with van der Waals surface area (Å²) < 4.78 is 50.2. The second kappa shape index (κ2) is 16.3. The van der Waals surface area contributed by atoms with Crippen LogP contribution in [-0.4, -0.2) is 95.7 Å². The molecule has 47 heavy (non-hydrogen) atoms. The van der Waals surface area contributed by atoms with E-state index in [1.165, 1.54) is 30.3 Å². The van der Waals surface area contributed by atoms with Gasteiger partial charge in [0.05, 0.1) is 51.7 Å². The van der Waals surface area contributed by atoms with E-state index in [1.807, 2.05) is 12.1 Å². The predicted molar refractivity (Wildman–Crippen MR) is 168 cm³/mol. The van der Waals surface area contributed by atoms with E-state index >= 15 is 0 Å². The van der Waals surface area contributed by atoms with E-state index in [9.17, 15) is 23.2 Å². The molecule has 0 aromatic heterocycles. The van der Waals surface area contributed by atoms with Gasteiger partial charge in [0.25, 0.3) is 11.8 Å². The number of fused-ring (bicyclic) bond motifs is 1. The second-order valence-electron chi connectivity index (χ2n) is 10.9. The van der Waals surface area contributed by atoms with Crippen LogP contribution in [0.3, 0.4) is 0 Å². The number of carbonyl (C=O) groups excluding carboxylic acids is 3. The number of amides is 2. The molecule has 0 radical (unpaired) electrons. The van der Waals surface area contributed by atoms with Crippen LogP contribution in [-0.2, 0) is 20.8 Å². The Hall–Kier alpha value is -4.56. The minimum atomic E-state index is -1.34. The van der Waals surface area contributed by atoms with Gasteiger partial charge in [0.1, 0.15) is 17.9 Å². The zero-order valence-electron chi connectivity index (χ0n) is 25.9. The number of hydrogen-bond donors (Lipinski definition) is 3. The van der Waals surface area contributed by atoms with E-state index in [0.29, 0.717) is 51.6 Å². The highest BCUT2D eigenvalue weighted by atomic mass is 19.2. The summed E-state index contributed by atoms with van der Waals surface area (Å²) in [5.74, 6) is -4.14. The fraction of sp³-hybridized carbons (Fsp3) is 0.353. The van der Waals surface area contributed by atoms with Crippen LogP contribution in [0.15, 0.2) is 59.6 Å². The zero-order chi connectivity index (χ0) is 33.2. The smallest absolute Gasteiger partial charge is 0.251 e. The van der Waals surface area contributed by atoms with Crippen molar-refractivity contribution in [2.24, 2.45) is 4.99 Å². The topological polar surface area (TPSA) is 137 Å². The minimum Gasteiger partial charge on any atom is -0.490 e. The van der Waals surface area contributed by atoms with E-state index in [-0.39, 0.29) is 42.0 Å². The van der Waals surface area contributed by atoms with Crippen molar-refractivity contribution in [3.63, 3.8) is 0 Å². The molecule has 0 aliphatic carbocycles. The summed E-state index contributed by atoms with van der Waals surface area (Å²) in [7, 11) is 1.57. The van der Waals surface area contributed by atoms with Gasteiger partial charge in [0.2, 0.25) is 0 Å². The van der Waals surface area contributed by atoms with Crippen molar-refractivity contribution in [2.45, 2.75) is 18.6 Å². The number of ketones is 1. The molecular formula is C34H36F2N4O7. The number of halogens is 2. The molecule has 2 heterocycles. The maximum absolute atomic E-state index is 14.9. The number of methoxy groups -OCH3 is 1.